The smallest absolute Gasteiger partial charge is 0.123 e. The SMILES string of the molecule is CCC(C)OCc1cccc(-c2nc(CCN)cs2)c1. The van der Waals surface area contributed by atoms with Crippen LogP contribution in [0.4, 0.5) is 0 Å². The lowest BCUT2D eigenvalue weighted by molar-refractivity contribution is 0.0509. The fourth-order valence-electron chi connectivity index (χ4n) is 1.85. The Hall–Kier alpha value is -1.23. The Bertz CT molecular complexity index is 539. The van der Waals surface area contributed by atoms with Crippen molar-refractivity contribution in [2.75, 3.05) is 6.54 Å². The van der Waals surface area contributed by atoms with E-state index in [0.717, 1.165) is 29.1 Å². The zero-order valence-electron chi connectivity index (χ0n) is 12.1. The number of hydrogen-bond acceptors (Lipinski definition) is 4. The van der Waals surface area contributed by atoms with Crippen LogP contribution >= 0.6 is 11.3 Å². The molecule has 0 spiro atoms. The van der Waals surface area contributed by atoms with E-state index in [1.54, 1.807) is 11.3 Å². The molecule has 1 aromatic heterocycles. The molecule has 2 N–H and O–H groups in total. The summed E-state index contributed by atoms with van der Waals surface area (Å²) in [4.78, 5) is 4.62. The van der Waals surface area contributed by atoms with Gasteiger partial charge in [-0.15, -0.1) is 11.3 Å². The molecule has 4 heteroatoms. The molecule has 1 heterocycles. The minimum atomic E-state index is 0.301. The maximum atomic E-state index is 5.78. The van der Waals surface area contributed by atoms with Crippen LogP contribution in [0.5, 0.6) is 0 Å². The normalized spacial score (nSPS) is 12.6. The van der Waals surface area contributed by atoms with E-state index in [-0.39, 0.29) is 0 Å². The molecule has 20 heavy (non-hydrogen) atoms. The van der Waals surface area contributed by atoms with Crippen molar-refractivity contribution < 1.29 is 4.74 Å². The van der Waals surface area contributed by atoms with Gasteiger partial charge < -0.3 is 10.5 Å². The molecule has 0 aliphatic carbocycles. The van der Waals surface area contributed by atoms with E-state index >= 15 is 0 Å². The van der Waals surface area contributed by atoms with Crippen molar-refractivity contribution in [1.82, 2.24) is 4.98 Å². The van der Waals surface area contributed by atoms with Gasteiger partial charge in [0.2, 0.25) is 0 Å². The highest BCUT2D eigenvalue weighted by molar-refractivity contribution is 7.13. The molecule has 1 atom stereocenters. The summed E-state index contributed by atoms with van der Waals surface area (Å²) >= 11 is 1.67. The van der Waals surface area contributed by atoms with Crippen LogP contribution in [0.2, 0.25) is 0 Å². The van der Waals surface area contributed by atoms with Gasteiger partial charge in [0.1, 0.15) is 5.01 Å². The van der Waals surface area contributed by atoms with Crippen molar-refractivity contribution in [3.8, 4) is 10.6 Å². The van der Waals surface area contributed by atoms with E-state index in [9.17, 15) is 0 Å². The summed E-state index contributed by atoms with van der Waals surface area (Å²) < 4.78 is 5.78. The molecule has 0 aliphatic rings. The van der Waals surface area contributed by atoms with Crippen LogP contribution in [0.3, 0.4) is 0 Å². The van der Waals surface area contributed by atoms with Crippen LogP contribution in [-0.4, -0.2) is 17.6 Å². The van der Waals surface area contributed by atoms with Gasteiger partial charge in [0.15, 0.2) is 0 Å². The molecule has 0 aliphatic heterocycles. The van der Waals surface area contributed by atoms with E-state index in [4.69, 9.17) is 10.5 Å². The highest BCUT2D eigenvalue weighted by atomic mass is 32.1. The monoisotopic (exact) mass is 290 g/mol. The molecule has 2 aromatic rings. The zero-order valence-corrected chi connectivity index (χ0v) is 13.0. The minimum absolute atomic E-state index is 0.301. The lowest BCUT2D eigenvalue weighted by Crippen LogP contribution is -2.06. The van der Waals surface area contributed by atoms with Gasteiger partial charge in [0, 0.05) is 17.4 Å². The largest absolute Gasteiger partial charge is 0.374 e. The number of nitrogens with zero attached hydrogens (tertiary/aromatic N) is 1. The van der Waals surface area contributed by atoms with Crippen molar-refractivity contribution in [1.29, 1.82) is 0 Å². The fraction of sp³-hybridized carbons (Fsp3) is 0.438. The van der Waals surface area contributed by atoms with E-state index in [2.05, 4.69) is 48.5 Å². The number of ether oxygens (including phenoxy) is 1. The second kappa shape index (κ2) is 7.53. The van der Waals surface area contributed by atoms with Gasteiger partial charge >= 0.3 is 0 Å². The first-order chi connectivity index (χ1) is 9.72. The molecule has 0 fully saturated rings. The van der Waals surface area contributed by atoms with Gasteiger partial charge in [-0.1, -0.05) is 25.1 Å². The van der Waals surface area contributed by atoms with Crippen LogP contribution in [0.25, 0.3) is 10.6 Å². The third-order valence-electron chi connectivity index (χ3n) is 3.24. The van der Waals surface area contributed by atoms with Crippen molar-refractivity contribution >= 4 is 11.3 Å². The van der Waals surface area contributed by atoms with E-state index in [1.165, 1.54) is 5.56 Å². The summed E-state index contributed by atoms with van der Waals surface area (Å²) in [6.07, 6.45) is 2.18. The lowest BCUT2D eigenvalue weighted by Gasteiger charge is -2.10. The van der Waals surface area contributed by atoms with Gasteiger partial charge in [-0.25, -0.2) is 4.98 Å². The molecular formula is C16H22N2OS. The van der Waals surface area contributed by atoms with Crippen molar-refractivity contribution in [3.63, 3.8) is 0 Å². The van der Waals surface area contributed by atoms with E-state index in [1.807, 2.05) is 0 Å². The Morgan fingerprint density at radius 3 is 3.00 bits per heavy atom. The number of thiazole rings is 1. The minimum Gasteiger partial charge on any atom is -0.374 e. The van der Waals surface area contributed by atoms with E-state index < -0.39 is 0 Å². The highest BCUT2D eigenvalue weighted by Gasteiger charge is 2.06. The average Bonchev–Trinajstić information content (AvgIpc) is 2.94. The Morgan fingerprint density at radius 2 is 2.25 bits per heavy atom. The van der Waals surface area contributed by atoms with Gasteiger partial charge in [-0.3, -0.25) is 0 Å². The topological polar surface area (TPSA) is 48.1 Å². The van der Waals surface area contributed by atoms with Crippen LogP contribution in [0.1, 0.15) is 31.5 Å². The molecule has 0 bridgehead atoms. The molecule has 1 aromatic carbocycles. The second-order valence-electron chi connectivity index (χ2n) is 4.91. The summed E-state index contributed by atoms with van der Waals surface area (Å²) in [6.45, 7) is 5.54. The van der Waals surface area contributed by atoms with Crippen molar-refractivity contribution in [3.05, 3.63) is 40.9 Å². The predicted molar refractivity (Wildman–Crippen MR) is 84.9 cm³/mol. The van der Waals surface area contributed by atoms with Gasteiger partial charge in [-0.05, 0) is 31.5 Å². The quantitative estimate of drug-likeness (QED) is 0.847. The standard InChI is InChI=1S/C16H22N2OS/c1-3-12(2)19-10-13-5-4-6-14(9-13)16-18-15(7-8-17)11-20-16/h4-6,9,11-12H,3,7-8,10,17H2,1-2H3. The fourth-order valence-corrected chi connectivity index (χ4v) is 2.70. The van der Waals surface area contributed by atoms with Crippen LogP contribution in [-0.2, 0) is 17.8 Å². The van der Waals surface area contributed by atoms with Gasteiger partial charge in [-0.2, -0.15) is 0 Å². The predicted octanol–water partition coefficient (Wildman–Crippen LogP) is 3.63. The molecule has 0 saturated carbocycles. The maximum absolute atomic E-state index is 5.78. The first-order valence-corrected chi connectivity index (χ1v) is 7.96. The lowest BCUT2D eigenvalue weighted by atomic mass is 10.1. The Morgan fingerprint density at radius 1 is 1.40 bits per heavy atom. The number of hydrogen-bond donors (Lipinski definition) is 1. The zero-order chi connectivity index (χ0) is 14.4. The third-order valence-corrected chi connectivity index (χ3v) is 4.18. The van der Waals surface area contributed by atoms with Crippen molar-refractivity contribution in [2.24, 2.45) is 5.73 Å². The summed E-state index contributed by atoms with van der Waals surface area (Å²) in [6, 6.07) is 8.42. The first kappa shape index (κ1) is 15.2. The first-order valence-electron chi connectivity index (χ1n) is 7.08. The molecular weight excluding hydrogens is 268 g/mol. The van der Waals surface area contributed by atoms with Crippen molar-refractivity contribution in [2.45, 2.75) is 39.4 Å². The Balaban J connectivity index is 2.08. The van der Waals surface area contributed by atoms with Gasteiger partial charge in [0.05, 0.1) is 18.4 Å². The second-order valence-corrected chi connectivity index (χ2v) is 5.77. The molecule has 2 rings (SSSR count). The van der Waals surface area contributed by atoms with Gasteiger partial charge in [0.25, 0.3) is 0 Å². The van der Waals surface area contributed by atoms with Crippen LogP contribution in [0.15, 0.2) is 29.6 Å². The Kier molecular flexibility index (Phi) is 5.71. The van der Waals surface area contributed by atoms with Crippen LogP contribution < -0.4 is 5.73 Å². The Labute approximate surface area is 124 Å². The third kappa shape index (κ3) is 4.13. The molecule has 0 saturated heterocycles. The number of nitrogens with two attached hydrogens (primary N) is 1. The summed E-state index contributed by atoms with van der Waals surface area (Å²) in [5.74, 6) is 0. The molecule has 0 radical (unpaired) electrons. The number of benzene rings is 1. The summed E-state index contributed by atoms with van der Waals surface area (Å²) in [7, 11) is 0. The molecule has 0 amide bonds. The highest BCUT2D eigenvalue weighted by Crippen LogP contribution is 2.25. The average molecular weight is 290 g/mol. The van der Waals surface area contributed by atoms with E-state index in [0.29, 0.717) is 19.3 Å². The summed E-state index contributed by atoms with van der Waals surface area (Å²) in [5.41, 5.74) is 8.99. The van der Waals surface area contributed by atoms with Crippen LogP contribution in [0, 0.1) is 0 Å². The summed E-state index contributed by atoms with van der Waals surface area (Å²) in [5, 5.41) is 3.14. The number of aromatic nitrogens is 1. The molecule has 108 valence electrons. The maximum Gasteiger partial charge on any atom is 0.123 e. The molecule has 1 unspecified atom stereocenters. The molecule has 3 nitrogen and oxygen atoms in total. The number of rotatable bonds is 7.